The number of anilines is 1. The lowest BCUT2D eigenvalue weighted by Gasteiger charge is -2.29. The summed E-state index contributed by atoms with van der Waals surface area (Å²) in [6.45, 7) is 3.34. The molecule has 21 heavy (non-hydrogen) atoms. The van der Waals surface area contributed by atoms with Crippen LogP contribution in [0.25, 0.3) is 0 Å². The molecule has 2 rings (SSSR count). The Morgan fingerprint density at radius 3 is 2.76 bits per heavy atom. The van der Waals surface area contributed by atoms with Crippen LogP contribution in [-0.4, -0.2) is 46.7 Å². The van der Waals surface area contributed by atoms with Crippen LogP contribution in [0.4, 0.5) is 5.82 Å². The molecule has 0 aliphatic carbocycles. The van der Waals surface area contributed by atoms with Crippen LogP contribution in [0.3, 0.4) is 0 Å². The van der Waals surface area contributed by atoms with E-state index in [1.807, 2.05) is 0 Å². The maximum Gasteiger partial charge on any atom is 0.305 e. The molecule has 0 radical (unpaired) electrons. The molecule has 0 unspecified atom stereocenters. The first-order chi connectivity index (χ1) is 9.87. The van der Waals surface area contributed by atoms with Crippen LogP contribution < -0.4 is 4.72 Å². The summed E-state index contributed by atoms with van der Waals surface area (Å²) in [5.74, 6) is -0.166. The number of hydrogen-bond donors (Lipinski definition) is 2. The number of nitrogens with one attached hydrogen (secondary N) is 1. The Hall–Kier alpha value is -1.61. The average molecular weight is 316 g/mol. The highest BCUT2D eigenvalue weighted by atomic mass is 32.2. The van der Waals surface area contributed by atoms with Gasteiger partial charge in [0.2, 0.25) is 0 Å². The van der Waals surface area contributed by atoms with Gasteiger partial charge in [0.1, 0.15) is 0 Å². The molecule has 8 nitrogen and oxygen atoms in total. The summed E-state index contributed by atoms with van der Waals surface area (Å²) >= 11 is 0. The predicted molar refractivity (Wildman–Crippen MR) is 77.0 cm³/mol. The largest absolute Gasteiger partial charge is 0.481 e. The Morgan fingerprint density at radius 2 is 2.14 bits per heavy atom. The molecule has 2 heterocycles. The van der Waals surface area contributed by atoms with E-state index in [1.165, 1.54) is 15.1 Å². The van der Waals surface area contributed by atoms with E-state index in [4.69, 9.17) is 5.11 Å². The number of hydrogen-bond acceptors (Lipinski definition) is 4. The fourth-order valence-corrected chi connectivity index (χ4v) is 3.37. The van der Waals surface area contributed by atoms with Crippen LogP contribution in [-0.2, 0) is 21.5 Å². The Bertz CT molecular complexity index is 590. The van der Waals surface area contributed by atoms with E-state index in [2.05, 4.69) is 16.7 Å². The van der Waals surface area contributed by atoms with Gasteiger partial charge in [0, 0.05) is 25.4 Å². The molecule has 0 aromatic carbocycles. The van der Waals surface area contributed by atoms with Crippen LogP contribution >= 0.6 is 0 Å². The van der Waals surface area contributed by atoms with Gasteiger partial charge in [0.25, 0.3) is 0 Å². The lowest BCUT2D eigenvalue weighted by atomic mass is 10.0. The van der Waals surface area contributed by atoms with Crippen molar-refractivity contribution >= 4 is 22.0 Å². The third kappa shape index (κ3) is 4.43. The molecule has 1 aromatic rings. The second-order valence-electron chi connectivity index (χ2n) is 5.30. The molecular formula is C12H20N4O4S. The molecule has 0 saturated carbocycles. The number of carboxylic acids is 1. The lowest BCUT2D eigenvalue weighted by Crippen LogP contribution is -2.41. The van der Waals surface area contributed by atoms with E-state index in [9.17, 15) is 13.2 Å². The summed E-state index contributed by atoms with van der Waals surface area (Å²) in [6, 6.07) is 1.52. The molecule has 9 heteroatoms. The van der Waals surface area contributed by atoms with Gasteiger partial charge in [-0.05, 0) is 18.8 Å². The van der Waals surface area contributed by atoms with Gasteiger partial charge in [-0.25, -0.2) is 0 Å². The van der Waals surface area contributed by atoms with E-state index in [0.717, 1.165) is 12.8 Å². The zero-order valence-corrected chi connectivity index (χ0v) is 12.7. The van der Waals surface area contributed by atoms with Crippen molar-refractivity contribution in [2.45, 2.75) is 32.7 Å². The number of piperidine rings is 1. The summed E-state index contributed by atoms with van der Waals surface area (Å²) in [7, 11) is -3.59. The van der Waals surface area contributed by atoms with E-state index >= 15 is 0 Å². The van der Waals surface area contributed by atoms with Gasteiger partial charge in [0.05, 0.1) is 13.0 Å². The summed E-state index contributed by atoms with van der Waals surface area (Å²) in [4.78, 5) is 10.5. The maximum absolute atomic E-state index is 12.2. The molecule has 0 atom stereocenters. The van der Waals surface area contributed by atoms with Crippen LogP contribution in [0.5, 0.6) is 0 Å². The Morgan fingerprint density at radius 1 is 1.48 bits per heavy atom. The topological polar surface area (TPSA) is 105 Å². The van der Waals surface area contributed by atoms with Crippen molar-refractivity contribution in [3.63, 3.8) is 0 Å². The monoisotopic (exact) mass is 316 g/mol. The molecular weight excluding hydrogens is 296 g/mol. The van der Waals surface area contributed by atoms with Gasteiger partial charge < -0.3 is 5.11 Å². The van der Waals surface area contributed by atoms with Crippen molar-refractivity contribution in [3.05, 3.63) is 12.3 Å². The number of aryl methyl sites for hydroxylation is 1. The number of aliphatic carboxylic acids is 1. The van der Waals surface area contributed by atoms with Gasteiger partial charge in [-0.2, -0.15) is 17.8 Å². The zero-order chi connectivity index (χ0) is 15.5. The van der Waals surface area contributed by atoms with Crippen LogP contribution in [0, 0.1) is 5.92 Å². The highest BCUT2D eigenvalue weighted by molar-refractivity contribution is 7.90. The molecule has 118 valence electrons. The first-order valence-corrected chi connectivity index (χ1v) is 8.34. The van der Waals surface area contributed by atoms with Gasteiger partial charge in [0.15, 0.2) is 5.82 Å². The first kappa shape index (κ1) is 15.8. The van der Waals surface area contributed by atoms with Gasteiger partial charge in [-0.3, -0.25) is 14.2 Å². The number of aromatic nitrogens is 2. The average Bonchev–Trinajstić information content (AvgIpc) is 2.84. The highest BCUT2D eigenvalue weighted by Gasteiger charge is 2.26. The Balaban J connectivity index is 1.95. The molecule has 1 aliphatic heterocycles. The van der Waals surface area contributed by atoms with E-state index in [1.54, 1.807) is 6.20 Å². The molecule has 0 spiro atoms. The smallest absolute Gasteiger partial charge is 0.305 e. The van der Waals surface area contributed by atoms with Crippen LogP contribution in [0.2, 0.25) is 0 Å². The van der Waals surface area contributed by atoms with Crippen molar-refractivity contribution in [2.24, 2.45) is 5.92 Å². The number of nitrogens with zero attached hydrogens (tertiary/aromatic N) is 3. The summed E-state index contributed by atoms with van der Waals surface area (Å²) in [5.41, 5.74) is 0. The molecule has 1 aromatic heterocycles. The fraction of sp³-hybridized carbons (Fsp3) is 0.667. The SMILES string of the molecule is CC1CCN(S(=O)(=O)Nc2ccn(CCC(=O)O)n2)CC1. The van der Waals surface area contributed by atoms with Crippen molar-refractivity contribution in [1.82, 2.24) is 14.1 Å². The van der Waals surface area contributed by atoms with Crippen molar-refractivity contribution in [1.29, 1.82) is 0 Å². The van der Waals surface area contributed by atoms with Gasteiger partial charge >= 0.3 is 16.2 Å². The van der Waals surface area contributed by atoms with Crippen molar-refractivity contribution in [3.8, 4) is 0 Å². The second kappa shape index (κ2) is 6.44. The summed E-state index contributed by atoms with van der Waals surface area (Å²) in [5, 5.41) is 12.6. The molecule has 1 saturated heterocycles. The van der Waals surface area contributed by atoms with Gasteiger partial charge in [-0.15, -0.1) is 0 Å². The minimum absolute atomic E-state index is 0.0577. The molecule has 1 aliphatic rings. The Labute approximate surface area is 123 Å². The third-order valence-electron chi connectivity index (χ3n) is 3.51. The number of carbonyl (C=O) groups is 1. The molecule has 0 bridgehead atoms. The molecule has 1 fully saturated rings. The zero-order valence-electron chi connectivity index (χ0n) is 11.9. The highest BCUT2D eigenvalue weighted by Crippen LogP contribution is 2.19. The van der Waals surface area contributed by atoms with Gasteiger partial charge in [-0.1, -0.05) is 6.92 Å². The normalized spacial score (nSPS) is 17.8. The predicted octanol–water partition coefficient (Wildman–Crippen LogP) is 0.746. The number of rotatable bonds is 6. The van der Waals surface area contributed by atoms with Crippen molar-refractivity contribution < 1.29 is 18.3 Å². The Kier molecular flexibility index (Phi) is 4.84. The minimum atomic E-state index is -3.59. The number of carboxylic acid groups (broad SMARTS) is 1. The maximum atomic E-state index is 12.2. The minimum Gasteiger partial charge on any atom is -0.481 e. The third-order valence-corrected chi connectivity index (χ3v) is 5.02. The summed E-state index contributed by atoms with van der Waals surface area (Å²) in [6.07, 6.45) is 3.21. The van der Waals surface area contributed by atoms with E-state index in [-0.39, 0.29) is 18.8 Å². The van der Waals surface area contributed by atoms with Crippen LogP contribution in [0.1, 0.15) is 26.2 Å². The van der Waals surface area contributed by atoms with Crippen molar-refractivity contribution in [2.75, 3.05) is 17.8 Å². The fourth-order valence-electron chi connectivity index (χ4n) is 2.17. The quantitative estimate of drug-likeness (QED) is 0.805. The standard InChI is InChI=1S/C12H20N4O4S/c1-10-2-8-16(9-3-10)21(19,20)14-11-4-6-15(13-11)7-5-12(17)18/h4,6,10H,2-3,5,7-9H2,1H3,(H,13,14)(H,17,18). The molecule has 2 N–H and O–H groups in total. The van der Waals surface area contributed by atoms with E-state index in [0.29, 0.717) is 19.0 Å². The summed E-state index contributed by atoms with van der Waals surface area (Å²) < 4.78 is 29.7. The lowest BCUT2D eigenvalue weighted by molar-refractivity contribution is -0.137. The van der Waals surface area contributed by atoms with E-state index < -0.39 is 16.2 Å². The molecule has 0 amide bonds. The van der Waals surface area contributed by atoms with Crippen LogP contribution in [0.15, 0.2) is 12.3 Å². The first-order valence-electron chi connectivity index (χ1n) is 6.90. The second-order valence-corrected chi connectivity index (χ2v) is 6.97.